The minimum atomic E-state index is -1.51. The number of rotatable bonds is 11. The zero-order valence-electron chi connectivity index (χ0n) is 13.1. The van der Waals surface area contributed by atoms with E-state index in [0.29, 0.717) is 0 Å². The standard InChI is InChI=1S/C12H22N4O6S3/c13-5(2-23)9(18)15-7(3-24)11(20)16-8(4-25)10(19)14-6(1-17)12(21)22/h5-8,17,23-25H,1-4,13H2,(H,14,19)(H,15,18)(H,16,20)(H,21,22). The summed E-state index contributed by atoms with van der Waals surface area (Å²) in [5.41, 5.74) is 5.49. The summed E-state index contributed by atoms with van der Waals surface area (Å²) in [6, 6.07) is -4.67. The number of aliphatic carboxylic acids is 1. The number of aliphatic hydroxyl groups excluding tert-OH is 1. The zero-order valence-corrected chi connectivity index (χ0v) is 15.8. The number of nitrogens with one attached hydrogen (secondary N) is 3. The summed E-state index contributed by atoms with van der Waals surface area (Å²) in [6.45, 7) is -0.814. The van der Waals surface area contributed by atoms with Crippen molar-refractivity contribution in [1.29, 1.82) is 0 Å². The minimum absolute atomic E-state index is 0.0633. The Hall–Kier alpha value is -1.15. The van der Waals surface area contributed by atoms with Crippen LogP contribution in [0.1, 0.15) is 0 Å². The molecular weight excluding hydrogens is 392 g/mol. The molecule has 25 heavy (non-hydrogen) atoms. The van der Waals surface area contributed by atoms with Gasteiger partial charge in [-0.15, -0.1) is 0 Å². The van der Waals surface area contributed by atoms with E-state index in [-0.39, 0.29) is 17.3 Å². The van der Waals surface area contributed by atoms with E-state index in [1.807, 2.05) is 0 Å². The zero-order chi connectivity index (χ0) is 19.6. The normalized spacial score (nSPS) is 15.4. The number of hydrogen-bond acceptors (Lipinski definition) is 9. The van der Waals surface area contributed by atoms with E-state index in [9.17, 15) is 19.2 Å². The summed E-state index contributed by atoms with van der Waals surface area (Å²) in [5.74, 6) is -3.73. The van der Waals surface area contributed by atoms with Crippen molar-refractivity contribution in [3.63, 3.8) is 0 Å². The summed E-state index contributed by atoms with van der Waals surface area (Å²) in [4.78, 5) is 46.7. The summed E-state index contributed by atoms with van der Waals surface area (Å²) in [5, 5.41) is 24.5. The average molecular weight is 415 g/mol. The molecule has 0 aliphatic carbocycles. The molecule has 0 fully saturated rings. The largest absolute Gasteiger partial charge is 0.480 e. The van der Waals surface area contributed by atoms with E-state index >= 15 is 0 Å². The Morgan fingerprint density at radius 3 is 1.52 bits per heavy atom. The van der Waals surface area contributed by atoms with Crippen LogP contribution in [0.3, 0.4) is 0 Å². The number of carboxylic acid groups (broad SMARTS) is 1. The molecule has 0 radical (unpaired) electrons. The van der Waals surface area contributed by atoms with Crippen LogP contribution in [0, 0.1) is 0 Å². The number of carbonyl (C=O) groups excluding carboxylic acids is 3. The van der Waals surface area contributed by atoms with Gasteiger partial charge in [-0.05, 0) is 0 Å². The van der Waals surface area contributed by atoms with Gasteiger partial charge < -0.3 is 31.9 Å². The second kappa shape index (κ2) is 12.2. The van der Waals surface area contributed by atoms with Crippen molar-refractivity contribution < 1.29 is 29.4 Å². The van der Waals surface area contributed by atoms with Gasteiger partial charge in [0, 0.05) is 17.3 Å². The molecule has 3 amide bonds. The van der Waals surface area contributed by atoms with Gasteiger partial charge in [-0.25, -0.2) is 4.79 Å². The smallest absolute Gasteiger partial charge is 0.328 e. The lowest BCUT2D eigenvalue weighted by molar-refractivity contribution is -0.143. The first-order chi connectivity index (χ1) is 11.7. The van der Waals surface area contributed by atoms with Gasteiger partial charge in [0.2, 0.25) is 17.7 Å². The lowest BCUT2D eigenvalue weighted by Crippen LogP contribution is -2.58. The van der Waals surface area contributed by atoms with E-state index in [1.54, 1.807) is 0 Å². The lowest BCUT2D eigenvalue weighted by atomic mass is 10.2. The van der Waals surface area contributed by atoms with Crippen LogP contribution in [-0.2, 0) is 19.2 Å². The highest BCUT2D eigenvalue weighted by atomic mass is 32.1. The molecule has 0 spiro atoms. The fraction of sp³-hybridized carbons (Fsp3) is 0.667. The molecule has 0 aromatic heterocycles. The molecule has 0 saturated heterocycles. The number of nitrogens with two attached hydrogens (primary N) is 1. The van der Waals surface area contributed by atoms with Crippen LogP contribution in [-0.4, -0.2) is 81.9 Å². The van der Waals surface area contributed by atoms with Crippen LogP contribution in [0.4, 0.5) is 0 Å². The first-order valence-corrected chi connectivity index (χ1v) is 8.94. The Morgan fingerprint density at radius 2 is 1.20 bits per heavy atom. The van der Waals surface area contributed by atoms with Crippen LogP contribution in [0.15, 0.2) is 0 Å². The predicted molar refractivity (Wildman–Crippen MR) is 100 cm³/mol. The van der Waals surface area contributed by atoms with Gasteiger partial charge in [-0.1, -0.05) is 0 Å². The summed E-state index contributed by atoms with van der Waals surface area (Å²) < 4.78 is 0. The van der Waals surface area contributed by atoms with Crippen LogP contribution in [0.2, 0.25) is 0 Å². The van der Waals surface area contributed by atoms with Crippen molar-refractivity contribution in [2.75, 3.05) is 23.9 Å². The molecule has 0 rings (SSSR count). The summed E-state index contributed by atoms with van der Waals surface area (Å²) >= 11 is 11.8. The molecule has 144 valence electrons. The average Bonchev–Trinajstić information content (AvgIpc) is 2.59. The van der Waals surface area contributed by atoms with Gasteiger partial charge in [0.1, 0.15) is 18.1 Å². The quantitative estimate of drug-likeness (QED) is 0.159. The van der Waals surface area contributed by atoms with E-state index in [1.165, 1.54) is 0 Å². The first-order valence-electron chi connectivity index (χ1n) is 7.04. The van der Waals surface area contributed by atoms with E-state index in [0.717, 1.165) is 0 Å². The molecule has 0 aromatic rings. The Labute approximate surface area is 160 Å². The number of carboxylic acids is 1. The Kier molecular flexibility index (Phi) is 11.7. The van der Waals surface area contributed by atoms with Gasteiger partial charge in [0.15, 0.2) is 0 Å². The number of carbonyl (C=O) groups is 4. The SMILES string of the molecule is NC(CS)C(=O)NC(CS)C(=O)NC(CS)C(=O)NC(CO)C(=O)O. The molecule has 10 nitrogen and oxygen atoms in total. The third kappa shape index (κ3) is 8.18. The maximum absolute atomic E-state index is 12.2. The topological polar surface area (TPSA) is 171 Å². The molecule has 4 atom stereocenters. The molecule has 7 N–H and O–H groups in total. The molecule has 0 heterocycles. The monoisotopic (exact) mass is 414 g/mol. The molecular formula is C12H22N4O6S3. The van der Waals surface area contributed by atoms with Crippen molar-refractivity contribution in [2.24, 2.45) is 5.73 Å². The van der Waals surface area contributed by atoms with Crippen LogP contribution < -0.4 is 21.7 Å². The van der Waals surface area contributed by atoms with Crippen molar-refractivity contribution in [3.8, 4) is 0 Å². The van der Waals surface area contributed by atoms with Crippen LogP contribution >= 0.6 is 37.9 Å². The van der Waals surface area contributed by atoms with Gasteiger partial charge >= 0.3 is 5.97 Å². The molecule has 0 aliphatic rings. The van der Waals surface area contributed by atoms with E-state index in [2.05, 4.69) is 53.8 Å². The molecule has 4 unspecified atom stereocenters. The Balaban J connectivity index is 4.86. The second-order valence-electron chi connectivity index (χ2n) is 4.86. The third-order valence-electron chi connectivity index (χ3n) is 2.96. The Morgan fingerprint density at radius 1 is 0.800 bits per heavy atom. The van der Waals surface area contributed by atoms with Gasteiger partial charge in [0.05, 0.1) is 12.6 Å². The van der Waals surface area contributed by atoms with Crippen molar-refractivity contribution in [2.45, 2.75) is 24.2 Å². The molecule has 13 heteroatoms. The molecule has 0 aromatic carbocycles. The molecule has 0 saturated carbocycles. The second-order valence-corrected chi connectivity index (χ2v) is 5.95. The van der Waals surface area contributed by atoms with E-state index < -0.39 is 54.5 Å². The number of aliphatic hydroxyl groups is 1. The molecule has 0 aliphatic heterocycles. The van der Waals surface area contributed by atoms with Crippen molar-refractivity contribution in [3.05, 3.63) is 0 Å². The fourth-order valence-electron chi connectivity index (χ4n) is 1.48. The maximum Gasteiger partial charge on any atom is 0.328 e. The van der Waals surface area contributed by atoms with Gasteiger partial charge in [-0.3, -0.25) is 14.4 Å². The molecule has 0 bridgehead atoms. The number of thiol groups is 3. The first kappa shape index (κ1) is 23.9. The number of amides is 3. The van der Waals surface area contributed by atoms with Crippen molar-refractivity contribution in [1.82, 2.24) is 16.0 Å². The highest BCUT2D eigenvalue weighted by Gasteiger charge is 2.28. The fourth-order valence-corrected chi connectivity index (χ4v) is 2.16. The van der Waals surface area contributed by atoms with Crippen molar-refractivity contribution >= 4 is 61.6 Å². The van der Waals surface area contributed by atoms with Crippen LogP contribution in [0.25, 0.3) is 0 Å². The third-order valence-corrected chi connectivity index (χ3v) is 4.09. The lowest BCUT2D eigenvalue weighted by Gasteiger charge is -2.23. The van der Waals surface area contributed by atoms with Gasteiger partial charge in [-0.2, -0.15) is 37.9 Å². The summed E-state index contributed by atoms with van der Waals surface area (Å²) in [7, 11) is 0. The highest BCUT2D eigenvalue weighted by Crippen LogP contribution is 1.97. The number of hydrogen-bond donors (Lipinski definition) is 9. The predicted octanol–water partition coefficient (Wildman–Crippen LogP) is -3.37. The summed E-state index contributed by atoms with van der Waals surface area (Å²) in [6.07, 6.45) is 0. The maximum atomic E-state index is 12.2. The van der Waals surface area contributed by atoms with E-state index in [4.69, 9.17) is 15.9 Å². The van der Waals surface area contributed by atoms with Gasteiger partial charge in [0.25, 0.3) is 0 Å². The highest BCUT2D eigenvalue weighted by molar-refractivity contribution is 7.80. The minimum Gasteiger partial charge on any atom is -0.480 e. The Bertz CT molecular complexity index is 495. The van der Waals surface area contributed by atoms with Crippen LogP contribution in [0.5, 0.6) is 0 Å².